The quantitative estimate of drug-likeness (QED) is 0.533. The van der Waals surface area contributed by atoms with Crippen LogP contribution in [0.25, 0.3) is 0 Å². The molecule has 0 radical (unpaired) electrons. The topological polar surface area (TPSA) is 84.9 Å². The smallest absolute Gasteiger partial charge is 0.325 e. The summed E-state index contributed by atoms with van der Waals surface area (Å²) in [4.78, 5) is 38.6. The molecule has 1 heterocycles. The third-order valence-electron chi connectivity index (χ3n) is 5.43. The second-order valence-electron chi connectivity index (χ2n) is 7.58. The number of benzene rings is 2. The first-order valence-corrected chi connectivity index (χ1v) is 9.72. The van der Waals surface area contributed by atoms with E-state index < -0.39 is 11.6 Å². The molecule has 1 aliphatic rings. The van der Waals surface area contributed by atoms with E-state index in [0.717, 1.165) is 11.3 Å². The Morgan fingerprint density at radius 3 is 2.37 bits per heavy atom. The summed E-state index contributed by atoms with van der Waals surface area (Å²) in [6.07, 6.45) is 1.09. The molecule has 1 aliphatic heterocycles. The Balaban J connectivity index is 1.75. The summed E-state index contributed by atoms with van der Waals surface area (Å²) in [5.74, 6) is 0.896. The van der Waals surface area contributed by atoms with Crippen LogP contribution in [-0.2, 0) is 17.8 Å². The van der Waals surface area contributed by atoms with Crippen molar-refractivity contribution < 1.29 is 23.9 Å². The molecule has 0 aliphatic carbocycles. The van der Waals surface area contributed by atoms with Crippen molar-refractivity contribution in [2.75, 3.05) is 14.2 Å². The Kier molecular flexibility index (Phi) is 6.10. The molecule has 1 N–H and O–H groups in total. The highest BCUT2D eigenvalue weighted by Gasteiger charge is 2.47. The van der Waals surface area contributed by atoms with E-state index in [1.165, 1.54) is 18.9 Å². The highest BCUT2D eigenvalue weighted by atomic mass is 16.5. The summed E-state index contributed by atoms with van der Waals surface area (Å²) in [6.45, 7) is 3.24. The minimum atomic E-state index is -0.998. The van der Waals surface area contributed by atoms with E-state index in [-0.39, 0.29) is 18.2 Å². The average molecular weight is 410 g/mol. The van der Waals surface area contributed by atoms with Gasteiger partial charge in [-0.25, -0.2) is 4.79 Å². The van der Waals surface area contributed by atoms with Crippen molar-refractivity contribution in [1.29, 1.82) is 0 Å². The molecule has 2 aromatic rings. The molecule has 0 spiro atoms. The average Bonchev–Trinajstić information content (AvgIpc) is 2.95. The first-order chi connectivity index (χ1) is 14.3. The Labute approximate surface area is 176 Å². The van der Waals surface area contributed by atoms with Gasteiger partial charge in [-0.05, 0) is 62.6 Å². The Bertz CT molecular complexity index is 970. The standard InChI is InChI=1S/C23H26N2O5/c1-15(26)17-7-10-20(30-4)18(13-17)14-25-21(27)23(2,24-22(25)28)12-11-16-5-8-19(29-3)9-6-16/h5-10,13H,11-12,14H2,1-4H3,(H,24,28). The van der Waals surface area contributed by atoms with Gasteiger partial charge in [0.25, 0.3) is 5.91 Å². The number of urea groups is 1. The summed E-state index contributed by atoms with van der Waals surface area (Å²) in [5, 5.41) is 2.82. The number of amides is 3. The zero-order valence-electron chi connectivity index (χ0n) is 17.7. The lowest BCUT2D eigenvalue weighted by Crippen LogP contribution is -2.44. The maximum Gasteiger partial charge on any atom is 0.325 e. The van der Waals surface area contributed by atoms with Gasteiger partial charge in [0.2, 0.25) is 0 Å². The van der Waals surface area contributed by atoms with E-state index in [2.05, 4.69) is 5.32 Å². The van der Waals surface area contributed by atoms with Gasteiger partial charge < -0.3 is 14.8 Å². The lowest BCUT2D eigenvalue weighted by atomic mass is 9.93. The maximum absolute atomic E-state index is 13.1. The number of ketones is 1. The number of nitrogens with zero attached hydrogens (tertiary/aromatic N) is 1. The normalized spacial score (nSPS) is 18.3. The lowest BCUT2D eigenvalue weighted by molar-refractivity contribution is -0.131. The summed E-state index contributed by atoms with van der Waals surface area (Å²) in [5.41, 5.74) is 1.16. The number of carbonyl (C=O) groups is 3. The number of methoxy groups -OCH3 is 2. The van der Waals surface area contributed by atoms with Crippen LogP contribution in [-0.4, -0.2) is 42.4 Å². The minimum Gasteiger partial charge on any atom is -0.497 e. The number of hydrogen-bond donors (Lipinski definition) is 1. The number of Topliss-reactive ketones (excluding diaryl/α,β-unsaturated/α-hetero) is 1. The zero-order valence-corrected chi connectivity index (χ0v) is 17.7. The van der Waals surface area contributed by atoms with E-state index >= 15 is 0 Å². The van der Waals surface area contributed by atoms with E-state index in [0.29, 0.717) is 29.7 Å². The number of nitrogens with one attached hydrogen (secondary N) is 1. The Hall–Kier alpha value is -3.35. The fourth-order valence-corrected chi connectivity index (χ4v) is 3.54. The fraction of sp³-hybridized carbons (Fsp3) is 0.348. The summed E-state index contributed by atoms with van der Waals surface area (Å²) >= 11 is 0. The van der Waals surface area contributed by atoms with Crippen LogP contribution in [0.1, 0.15) is 41.8 Å². The first-order valence-electron chi connectivity index (χ1n) is 9.72. The van der Waals surface area contributed by atoms with Gasteiger partial charge in [0.1, 0.15) is 17.0 Å². The van der Waals surface area contributed by atoms with Crippen LogP contribution >= 0.6 is 0 Å². The van der Waals surface area contributed by atoms with Crippen LogP contribution in [0, 0.1) is 0 Å². The van der Waals surface area contributed by atoms with Gasteiger partial charge in [-0.15, -0.1) is 0 Å². The number of ether oxygens (including phenoxy) is 2. The van der Waals surface area contributed by atoms with Crippen molar-refractivity contribution in [3.8, 4) is 11.5 Å². The molecule has 2 aromatic carbocycles. The van der Waals surface area contributed by atoms with Gasteiger partial charge in [0, 0.05) is 11.1 Å². The zero-order chi connectivity index (χ0) is 21.9. The van der Waals surface area contributed by atoms with Gasteiger partial charge in [-0.2, -0.15) is 0 Å². The minimum absolute atomic E-state index is 0.0348. The fourth-order valence-electron chi connectivity index (χ4n) is 3.54. The second kappa shape index (κ2) is 8.57. The number of rotatable bonds is 8. The number of aryl methyl sites for hydroxylation is 1. The largest absolute Gasteiger partial charge is 0.497 e. The van der Waals surface area contributed by atoms with E-state index in [1.807, 2.05) is 24.3 Å². The Morgan fingerprint density at radius 2 is 1.77 bits per heavy atom. The molecule has 1 saturated heterocycles. The summed E-state index contributed by atoms with van der Waals surface area (Å²) < 4.78 is 10.5. The van der Waals surface area contributed by atoms with Gasteiger partial charge in [0.15, 0.2) is 5.78 Å². The lowest BCUT2D eigenvalue weighted by Gasteiger charge is -2.22. The number of hydrogen-bond acceptors (Lipinski definition) is 5. The van der Waals surface area contributed by atoms with Crippen LogP contribution in [0.15, 0.2) is 42.5 Å². The Morgan fingerprint density at radius 1 is 1.07 bits per heavy atom. The molecule has 3 amide bonds. The first kappa shape index (κ1) is 21.4. The molecule has 30 heavy (non-hydrogen) atoms. The van der Waals surface area contributed by atoms with Gasteiger partial charge in [-0.3, -0.25) is 14.5 Å². The van der Waals surface area contributed by atoms with Crippen molar-refractivity contribution in [2.45, 2.75) is 38.8 Å². The molecule has 1 fully saturated rings. The molecular weight excluding hydrogens is 384 g/mol. The third kappa shape index (κ3) is 4.30. The van der Waals surface area contributed by atoms with Crippen molar-refractivity contribution in [2.24, 2.45) is 0 Å². The molecule has 1 atom stereocenters. The molecule has 0 aromatic heterocycles. The van der Waals surface area contributed by atoms with Crippen LogP contribution < -0.4 is 14.8 Å². The summed E-state index contributed by atoms with van der Waals surface area (Å²) in [7, 11) is 3.12. The molecule has 0 bridgehead atoms. The SMILES string of the molecule is COc1ccc(CCC2(C)NC(=O)N(Cc3cc(C(C)=O)ccc3OC)C2=O)cc1. The van der Waals surface area contributed by atoms with Crippen LogP contribution in [0.2, 0.25) is 0 Å². The molecule has 0 saturated carbocycles. The molecule has 158 valence electrons. The highest BCUT2D eigenvalue weighted by molar-refractivity contribution is 6.06. The second-order valence-corrected chi connectivity index (χ2v) is 7.58. The number of carbonyl (C=O) groups excluding carboxylic acids is 3. The monoisotopic (exact) mass is 410 g/mol. The van der Waals surface area contributed by atoms with Gasteiger partial charge in [-0.1, -0.05) is 12.1 Å². The highest BCUT2D eigenvalue weighted by Crippen LogP contribution is 2.28. The van der Waals surface area contributed by atoms with E-state index in [1.54, 1.807) is 32.2 Å². The summed E-state index contributed by atoms with van der Waals surface area (Å²) in [6, 6.07) is 12.2. The third-order valence-corrected chi connectivity index (χ3v) is 5.43. The van der Waals surface area contributed by atoms with Crippen molar-refractivity contribution >= 4 is 17.7 Å². The van der Waals surface area contributed by atoms with Crippen molar-refractivity contribution in [3.63, 3.8) is 0 Å². The van der Waals surface area contributed by atoms with Gasteiger partial charge in [0.05, 0.1) is 20.8 Å². The number of imide groups is 1. The maximum atomic E-state index is 13.1. The molecular formula is C23H26N2O5. The van der Waals surface area contributed by atoms with Crippen LogP contribution in [0.5, 0.6) is 11.5 Å². The predicted octanol–water partition coefficient (Wildman–Crippen LogP) is 3.35. The molecule has 3 rings (SSSR count). The van der Waals surface area contributed by atoms with Crippen LogP contribution in [0.3, 0.4) is 0 Å². The van der Waals surface area contributed by atoms with Crippen LogP contribution in [0.4, 0.5) is 4.79 Å². The van der Waals surface area contributed by atoms with Gasteiger partial charge >= 0.3 is 6.03 Å². The van der Waals surface area contributed by atoms with Crippen molar-refractivity contribution in [1.82, 2.24) is 10.2 Å². The van der Waals surface area contributed by atoms with Crippen molar-refractivity contribution in [3.05, 3.63) is 59.2 Å². The van der Waals surface area contributed by atoms with E-state index in [9.17, 15) is 14.4 Å². The van der Waals surface area contributed by atoms with E-state index in [4.69, 9.17) is 9.47 Å². The molecule has 1 unspecified atom stereocenters. The molecule has 7 heteroatoms. The molecule has 7 nitrogen and oxygen atoms in total. The predicted molar refractivity (Wildman–Crippen MR) is 112 cm³/mol.